The van der Waals surface area contributed by atoms with Crippen molar-refractivity contribution in [3.63, 3.8) is 0 Å². The van der Waals surface area contributed by atoms with Crippen LogP contribution in [0.3, 0.4) is 0 Å². The van der Waals surface area contributed by atoms with E-state index in [4.69, 9.17) is 33.9 Å². The fourth-order valence-corrected chi connectivity index (χ4v) is 4.94. The van der Waals surface area contributed by atoms with Crippen molar-refractivity contribution >= 4 is 37.2 Å². The summed E-state index contributed by atoms with van der Waals surface area (Å²) < 4.78 is 10.8. The van der Waals surface area contributed by atoms with E-state index in [2.05, 4.69) is 16.0 Å². The van der Waals surface area contributed by atoms with Crippen LogP contribution in [0.1, 0.15) is 128 Å². The number of carbonyl (C=O) groups excluding carboxylic acids is 4. The van der Waals surface area contributed by atoms with Gasteiger partial charge in [0.2, 0.25) is 17.7 Å². The van der Waals surface area contributed by atoms with E-state index >= 15 is 0 Å². The van der Waals surface area contributed by atoms with Crippen molar-refractivity contribution in [1.82, 2.24) is 16.0 Å². The van der Waals surface area contributed by atoms with E-state index in [0.717, 1.165) is 38.5 Å². The van der Waals surface area contributed by atoms with E-state index < -0.39 is 23.7 Å². The summed E-state index contributed by atoms with van der Waals surface area (Å²) in [6.07, 6.45) is 17.9. The van der Waals surface area contributed by atoms with Gasteiger partial charge in [-0.1, -0.05) is 64.2 Å². The number of carboxylic acid groups (broad SMARTS) is 1. The number of aliphatic carboxylic acids is 1. The smallest absolute Gasteiger partial charge is 0.303 e. The first kappa shape index (κ1) is 45.5. The minimum atomic E-state index is -0.702. The second-order valence-electron chi connectivity index (χ2n) is 12.4. The topological polar surface area (TPSA) is 212 Å². The maximum Gasteiger partial charge on any atom is 0.303 e. The van der Waals surface area contributed by atoms with E-state index in [1.54, 1.807) is 0 Å². The van der Waals surface area contributed by atoms with Gasteiger partial charge >= 0.3 is 5.97 Å². The zero-order valence-corrected chi connectivity index (χ0v) is 29.3. The summed E-state index contributed by atoms with van der Waals surface area (Å²) in [7, 11) is 5.11. The lowest BCUT2D eigenvalue weighted by atomic mass is 9.92. The molecule has 8 N–H and O–H groups in total. The van der Waals surface area contributed by atoms with Crippen molar-refractivity contribution in [2.24, 2.45) is 11.5 Å². The predicted octanol–water partition coefficient (Wildman–Crippen LogP) is 2.60. The van der Waals surface area contributed by atoms with Crippen LogP contribution in [-0.2, 0) is 33.4 Å². The Bertz CT molecular complexity index is 867. The lowest BCUT2D eigenvalue weighted by Gasteiger charge is -2.13. The number of carbonyl (C=O) groups is 5. The molecule has 0 aliphatic carbocycles. The lowest BCUT2D eigenvalue weighted by molar-refractivity contribution is -0.137. The maximum absolute atomic E-state index is 12.0. The van der Waals surface area contributed by atoms with Gasteiger partial charge in [-0.2, -0.15) is 0 Å². The second kappa shape index (κ2) is 33.0. The Morgan fingerprint density at radius 3 is 1.58 bits per heavy atom. The SMILES string of the molecule is [B]C(=O)C(N)CCCCNC(=O)[C@@H](N)CCCCNC(=O)COCCOCCNC(=O)CCCCCCCCCCCCCCC(=O)O. The van der Waals surface area contributed by atoms with Crippen molar-refractivity contribution in [3.05, 3.63) is 0 Å². The Hall–Kier alpha value is -2.55. The molecule has 0 rings (SSSR count). The number of unbranched alkanes of at least 4 members (excludes halogenated alkanes) is 13. The fourth-order valence-electron chi connectivity index (χ4n) is 4.94. The van der Waals surface area contributed by atoms with E-state index in [0.29, 0.717) is 77.8 Å². The number of rotatable bonds is 35. The number of carboxylic acids is 1. The molecule has 0 aromatic carbocycles. The van der Waals surface area contributed by atoms with Crippen LogP contribution < -0.4 is 27.4 Å². The van der Waals surface area contributed by atoms with Crippen LogP contribution >= 0.6 is 0 Å². The van der Waals surface area contributed by atoms with Gasteiger partial charge in [0.05, 0.1) is 37.6 Å². The number of ether oxygens (including phenoxy) is 2. The first-order valence-corrected chi connectivity index (χ1v) is 18.1. The third kappa shape index (κ3) is 32.0. The predicted molar refractivity (Wildman–Crippen MR) is 187 cm³/mol. The van der Waals surface area contributed by atoms with Gasteiger partial charge in [0.1, 0.15) is 6.61 Å². The van der Waals surface area contributed by atoms with Crippen LogP contribution in [0.25, 0.3) is 0 Å². The minimum absolute atomic E-state index is 0.0382. The summed E-state index contributed by atoms with van der Waals surface area (Å²) >= 11 is 0. The van der Waals surface area contributed by atoms with Crippen LogP contribution in [0, 0.1) is 0 Å². The van der Waals surface area contributed by atoms with Gasteiger partial charge in [-0.05, 0) is 51.4 Å². The molecule has 0 spiro atoms. The van der Waals surface area contributed by atoms with Crippen molar-refractivity contribution < 1.29 is 38.6 Å². The van der Waals surface area contributed by atoms with Crippen LogP contribution in [0.4, 0.5) is 0 Å². The molecular formula is C34H64BN5O8. The molecule has 2 radical (unpaired) electrons. The van der Waals surface area contributed by atoms with Crippen molar-refractivity contribution in [1.29, 1.82) is 0 Å². The molecule has 0 fully saturated rings. The van der Waals surface area contributed by atoms with Gasteiger partial charge in [-0.3, -0.25) is 19.2 Å². The molecule has 0 aromatic heterocycles. The summed E-state index contributed by atoms with van der Waals surface area (Å²) in [5.41, 5.74) is 11.0. The summed E-state index contributed by atoms with van der Waals surface area (Å²) in [5, 5.41) is 17.0. The van der Waals surface area contributed by atoms with Gasteiger partial charge in [-0.15, -0.1) is 0 Å². The number of amides is 3. The molecule has 2 atom stereocenters. The zero-order chi connectivity index (χ0) is 35.7. The van der Waals surface area contributed by atoms with Crippen LogP contribution in [0.2, 0.25) is 0 Å². The first-order chi connectivity index (χ1) is 23.1. The highest BCUT2D eigenvalue weighted by Gasteiger charge is 2.13. The van der Waals surface area contributed by atoms with E-state index in [1.807, 2.05) is 0 Å². The molecule has 0 bridgehead atoms. The third-order valence-electron chi connectivity index (χ3n) is 7.93. The molecule has 13 nitrogen and oxygen atoms in total. The fraction of sp³-hybridized carbons (Fsp3) is 0.853. The Balaban J connectivity index is 3.43. The van der Waals surface area contributed by atoms with Crippen molar-refractivity contribution in [2.45, 2.75) is 141 Å². The minimum Gasteiger partial charge on any atom is -0.481 e. The van der Waals surface area contributed by atoms with E-state index in [9.17, 15) is 24.0 Å². The average molecular weight is 682 g/mol. The normalized spacial score (nSPS) is 12.3. The molecule has 0 saturated heterocycles. The molecule has 0 saturated carbocycles. The van der Waals surface area contributed by atoms with Crippen LogP contribution in [-0.4, -0.2) is 100 Å². The molecular weight excluding hydrogens is 617 g/mol. The summed E-state index contributed by atoms with van der Waals surface area (Å²) in [4.78, 5) is 57.3. The molecule has 3 amide bonds. The number of hydrogen-bond donors (Lipinski definition) is 6. The summed E-state index contributed by atoms with van der Waals surface area (Å²) in [6, 6.07) is -1.28. The Morgan fingerprint density at radius 1 is 0.542 bits per heavy atom. The summed E-state index contributed by atoms with van der Waals surface area (Å²) in [6.45, 7) is 2.29. The molecule has 48 heavy (non-hydrogen) atoms. The highest BCUT2D eigenvalue weighted by atomic mass is 16.5. The van der Waals surface area contributed by atoms with E-state index in [-0.39, 0.29) is 37.4 Å². The Morgan fingerprint density at radius 2 is 1.02 bits per heavy atom. The maximum atomic E-state index is 12.0. The molecule has 0 aromatic rings. The molecule has 0 aliphatic rings. The monoisotopic (exact) mass is 681 g/mol. The van der Waals surface area contributed by atoms with Crippen LogP contribution in [0.15, 0.2) is 0 Å². The molecule has 1 unspecified atom stereocenters. The van der Waals surface area contributed by atoms with Gasteiger partial charge in [-0.25, -0.2) is 0 Å². The summed E-state index contributed by atoms with van der Waals surface area (Å²) in [5.74, 6) is -1.11. The van der Waals surface area contributed by atoms with Gasteiger partial charge in [0, 0.05) is 32.5 Å². The van der Waals surface area contributed by atoms with Crippen molar-refractivity contribution in [3.8, 4) is 0 Å². The number of nitrogens with two attached hydrogens (primary N) is 2. The third-order valence-corrected chi connectivity index (χ3v) is 7.93. The largest absolute Gasteiger partial charge is 0.481 e. The van der Waals surface area contributed by atoms with Crippen molar-refractivity contribution in [2.75, 3.05) is 46.1 Å². The quantitative estimate of drug-likeness (QED) is 0.0425. The van der Waals surface area contributed by atoms with Gasteiger partial charge in [0.15, 0.2) is 7.85 Å². The Labute approximate surface area is 289 Å². The van der Waals surface area contributed by atoms with Gasteiger partial charge < -0.3 is 46.8 Å². The standard InChI is InChI=1S/C34H64BN5O8/c35-33(45)28(36)17-13-16-22-40-34(46)29(37)18-14-15-21-38-31(42)27-48-26-25-47-24-23-39-30(41)19-11-9-7-5-3-1-2-4-6-8-10-12-20-32(43)44/h28-29H,1-27,36-37H2,(H,38,42)(H,39,41)(H,40,46)(H,43,44)/t28?,29-/m0/s1. The highest BCUT2D eigenvalue weighted by molar-refractivity contribution is 6.59. The highest BCUT2D eigenvalue weighted by Crippen LogP contribution is 2.13. The number of hydrogen-bond acceptors (Lipinski definition) is 9. The molecule has 14 heteroatoms. The molecule has 276 valence electrons. The first-order valence-electron chi connectivity index (χ1n) is 18.1. The van der Waals surface area contributed by atoms with E-state index in [1.165, 1.54) is 38.5 Å². The van der Waals surface area contributed by atoms with Crippen LogP contribution in [0.5, 0.6) is 0 Å². The van der Waals surface area contributed by atoms with Gasteiger partial charge in [0.25, 0.3) is 0 Å². The molecule has 0 aliphatic heterocycles. The number of nitrogens with one attached hydrogen (secondary N) is 3. The average Bonchev–Trinajstić information content (AvgIpc) is 3.05. The zero-order valence-electron chi connectivity index (χ0n) is 29.3. The Kier molecular flexibility index (Phi) is 31.2. The lowest BCUT2D eigenvalue weighted by Crippen LogP contribution is -2.41. The second-order valence-corrected chi connectivity index (χ2v) is 12.4. The molecule has 0 heterocycles.